The van der Waals surface area contributed by atoms with Crippen LogP contribution in [0.4, 0.5) is 5.69 Å². The Hall–Kier alpha value is -2.40. The number of carbonyl (C=O) groups is 1. The van der Waals surface area contributed by atoms with E-state index in [-0.39, 0.29) is 17.6 Å². The summed E-state index contributed by atoms with van der Waals surface area (Å²) in [5, 5.41) is 2.97. The Balaban J connectivity index is 2.05. The summed E-state index contributed by atoms with van der Waals surface area (Å²) in [6.45, 7) is 6.59. The van der Waals surface area contributed by atoms with Crippen LogP contribution in [0, 0.1) is 6.92 Å². The molecule has 2 heterocycles. The van der Waals surface area contributed by atoms with Crippen LogP contribution in [-0.2, 0) is 29.6 Å². The Bertz CT molecular complexity index is 888. The zero-order valence-electron chi connectivity index (χ0n) is 16.6. The van der Waals surface area contributed by atoms with Crippen molar-refractivity contribution >= 4 is 11.6 Å². The summed E-state index contributed by atoms with van der Waals surface area (Å²) >= 11 is 0. The highest BCUT2D eigenvalue weighted by molar-refractivity contribution is 5.95. The molecule has 0 bridgehead atoms. The Kier molecular flexibility index (Phi) is 5.80. The van der Waals surface area contributed by atoms with Crippen LogP contribution in [-0.4, -0.2) is 16.6 Å². The number of anilines is 1. The van der Waals surface area contributed by atoms with Gasteiger partial charge in [-0.3, -0.25) is 9.59 Å². The molecular formula is C22H28N2O3. The molecule has 2 aromatic rings. The second-order valence-electron chi connectivity index (χ2n) is 7.45. The van der Waals surface area contributed by atoms with E-state index in [2.05, 4.69) is 25.2 Å². The Morgan fingerprint density at radius 2 is 2.00 bits per heavy atom. The normalized spacial score (nSPS) is 14.6. The van der Waals surface area contributed by atoms with Crippen LogP contribution < -0.4 is 10.9 Å². The summed E-state index contributed by atoms with van der Waals surface area (Å²) in [5.74, 6) is 0.0469. The number of nitrogens with one attached hydrogen (secondary N) is 1. The van der Waals surface area contributed by atoms with E-state index in [1.54, 1.807) is 11.6 Å². The largest absolute Gasteiger partial charge is 0.374 e. The highest BCUT2D eigenvalue weighted by atomic mass is 16.5. The van der Waals surface area contributed by atoms with Crippen molar-refractivity contribution < 1.29 is 9.53 Å². The van der Waals surface area contributed by atoms with Crippen LogP contribution in [0.3, 0.4) is 0 Å². The standard InChI is InChI=1S/C22H28N2O3/c1-5-6-15(3)27-13-18-10-16-7-8-21(25)23-20(16)11-19(18)17-9-14(2)22(26)24(4)12-17/h9-12,15H,5-8,13H2,1-4H3,(H,23,25). The van der Waals surface area contributed by atoms with Gasteiger partial charge in [-0.2, -0.15) is 0 Å². The lowest BCUT2D eigenvalue weighted by Crippen LogP contribution is -2.20. The first-order chi connectivity index (χ1) is 12.9. The number of pyridine rings is 1. The molecule has 1 aliphatic rings. The zero-order valence-corrected chi connectivity index (χ0v) is 16.6. The first-order valence-electron chi connectivity index (χ1n) is 9.64. The quantitative estimate of drug-likeness (QED) is 0.840. The molecule has 5 heteroatoms. The smallest absolute Gasteiger partial charge is 0.253 e. The van der Waals surface area contributed by atoms with Crippen LogP contribution >= 0.6 is 0 Å². The molecule has 144 valence electrons. The molecule has 0 aliphatic carbocycles. The van der Waals surface area contributed by atoms with E-state index in [1.165, 1.54) is 0 Å². The molecule has 1 N–H and O–H groups in total. The van der Waals surface area contributed by atoms with Crippen molar-refractivity contribution in [3.8, 4) is 11.1 Å². The molecule has 1 aromatic heterocycles. The van der Waals surface area contributed by atoms with Gasteiger partial charge in [0.1, 0.15) is 0 Å². The van der Waals surface area contributed by atoms with E-state index < -0.39 is 0 Å². The second-order valence-corrected chi connectivity index (χ2v) is 7.45. The molecule has 0 radical (unpaired) electrons. The van der Waals surface area contributed by atoms with E-state index in [9.17, 15) is 9.59 Å². The maximum atomic E-state index is 12.1. The molecule has 0 spiro atoms. The molecule has 5 nitrogen and oxygen atoms in total. The first-order valence-corrected chi connectivity index (χ1v) is 9.64. The molecule has 1 amide bonds. The third kappa shape index (κ3) is 4.30. The summed E-state index contributed by atoms with van der Waals surface area (Å²) in [7, 11) is 1.76. The van der Waals surface area contributed by atoms with Gasteiger partial charge in [0.2, 0.25) is 5.91 Å². The van der Waals surface area contributed by atoms with Gasteiger partial charge < -0.3 is 14.6 Å². The van der Waals surface area contributed by atoms with Crippen molar-refractivity contribution in [1.82, 2.24) is 4.57 Å². The number of amides is 1. The molecule has 27 heavy (non-hydrogen) atoms. The van der Waals surface area contributed by atoms with E-state index in [4.69, 9.17) is 4.74 Å². The highest BCUT2D eigenvalue weighted by Gasteiger charge is 2.19. The van der Waals surface area contributed by atoms with Gasteiger partial charge in [-0.25, -0.2) is 0 Å². The fraction of sp³-hybridized carbons (Fsp3) is 0.455. The van der Waals surface area contributed by atoms with Crippen LogP contribution in [0.2, 0.25) is 0 Å². The van der Waals surface area contributed by atoms with Gasteiger partial charge in [0.25, 0.3) is 5.56 Å². The van der Waals surface area contributed by atoms with E-state index in [1.807, 2.05) is 25.3 Å². The van der Waals surface area contributed by atoms with Crippen LogP contribution in [0.1, 0.15) is 49.8 Å². The van der Waals surface area contributed by atoms with Crippen molar-refractivity contribution in [2.75, 3.05) is 5.32 Å². The molecule has 1 atom stereocenters. The summed E-state index contributed by atoms with van der Waals surface area (Å²) in [5.41, 5.74) is 5.74. The van der Waals surface area contributed by atoms with Gasteiger partial charge in [-0.05, 0) is 61.1 Å². The third-order valence-corrected chi connectivity index (χ3v) is 5.12. The Morgan fingerprint density at radius 1 is 1.22 bits per heavy atom. The van der Waals surface area contributed by atoms with Crippen molar-refractivity contribution in [2.24, 2.45) is 7.05 Å². The summed E-state index contributed by atoms with van der Waals surface area (Å²) in [4.78, 5) is 23.9. The number of rotatable bonds is 6. The maximum Gasteiger partial charge on any atom is 0.253 e. The van der Waals surface area contributed by atoms with Crippen molar-refractivity contribution in [3.63, 3.8) is 0 Å². The van der Waals surface area contributed by atoms with Crippen molar-refractivity contribution in [3.05, 3.63) is 51.4 Å². The van der Waals surface area contributed by atoms with Crippen molar-refractivity contribution in [1.29, 1.82) is 0 Å². The SMILES string of the molecule is CCCC(C)OCc1cc2c(cc1-c1cc(C)c(=O)n(C)c1)NC(=O)CC2. The highest BCUT2D eigenvalue weighted by Crippen LogP contribution is 2.33. The number of benzene rings is 1. The number of nitrogens with zero attached hydrogens (tertiary/aromatic N) is 1. The van der Waals surface area contributed by atoms with Gasteiger partial charge in [-0.1, -0.05) is 19.4 Å². The van der Waals surface area contributed by atoms with E-state index in [0.29, 0.717) is 18.6 Å². The summed E-state index contributed by atoms with van der Waals surface area (Å²) in [6, 6.07) is 6.08. The van der Waals surface area contributed by atoms with Crippen LogP contribution in [0.5, 0.6) is 0 Å². The Morgan fingerprint density at radius 3 is 2.70 bits per heavy atom. The average molecular weight is 368 g/mol. The predicted octanol–water partition coefficient (Wildman–Crippen LogP) is 3.95. The lowest BCUT2D eigenvalue weighted by molar-refractivity contribution is -0.116. The van der Waals surface area contributed by atoms with Crippen LogP contribution in [0.15, 0.2) is 29.2 Å². The summed E-state index contributed by atoms with van der Waals surface area (Å²) in [6.07, 6.45) is 5.41. The number of carbonyl (C=O) groups excluding carboxylic acids is 1. The molecule has 0 saturated heterocycles. The van der Waals surface area contributed by atoms with E-state index in [0.717, 1.165) is 47.2 Å². The number of aryl methyl sites for hydroxylation is 3. The maximum absolute atomic E-state index is 12.1. The topological polar surface area (TPSA) is 60.3 Å². The molecule has 1 aliphatic heterocycles. The van der Waals surface area contributed by atoms with Gasteiger partial charge in [-0.15, -0.1) is 0 Å². The lowest BCUT2D eigenvalue weighted by Gasteiger charge is -2.22. The molecule has 1 aromatic carbocycles. The van der Waals surface area contributed by atoms with Gasteiger partial charge in [0.15, 0.2) is 0 Å². The average Bonchev–Trinajstić information content (AvgIpc) is 2.63. The fourth-order valence-corrected chi connectivity index (χ4v) is 3.61. The molecule has 0 saturated carbocycles. The minimum absolute atomic E-state index is 0.000573. The third-order valence-electron chi connectivity index (χ3n) is 5.12. The minimum Gasteiger partial charge on any atom is -0.374 e. The van der Waals surface area contributed by atoms with Gasteiger partial charge in [0.05, 0.1) is 12.7 Å². The molecule has 0 fully saturated rings. The summed E-state index contributed by atoms with van der Waals surface area (Å²) < 4.78 is 7.68. The molecule has 3 rings (SSSR count). The first kappa shape index (κ1) is 19.4. The minimum atomic E-state index is -0.000573. The number of hydrogen-bond acceptors (Lipinski definition) is 3. The fourth-order valence-electron chi connectivity index (χ4n) is 3.61. The lowest BCUT2D eigenvalue weighted by atomic mass is 9.93. The predicted molar refractivity (Wildman–Crippen MR) is 108 cm³/mol. The van der Waals surface area contributed by atoms with Gasteiger partial charge >= 0.3 is 0 Å². The second kappa shape index (κ2) is 8.09. The van der Waals surface area contributed by atoms with Crippen molar-refractivity contribution in [2.45, 2.75) is 59.2 Å². The van der Waals surface area contributed by atoms with Gasteiger partial charge in [0, 0.05) is 30.9 Å². The van der Waals surface area contributed by atoms with E-state index >= 15 is 0 Å². The molecule has 1 unspecified atom stereocenters. The monoisotopic (exact) mass is 368 g/mol. The number of ether oxygens (including phenoxy) is 1. The number of hydrogen-bond donors (Lipinski definition) is 1. The zero-order chi connectivity index (χ0) is 19.6. The number of fused-ring (bicyclic) bond motifs is 1. The number of aromatic nitrogens is 1. The Labute approximate surface area is 160 Å². The van der Waals surface area contributed by atoms with Crippen LogP contribution in [0.25, 0.3) is 11.1 Å². The molecular weight excluding hydrogens is 340 g/mol.